The highest BCUT2D eigenvalue weighted by Gasteiger charge is 2.30. The predicted molar refractivity (Wildman–Crippen MR) is 74.3 cm³/mol. The van der Waals surface area contributed by atoms with Gasteiger partial charge in [-0.1, -0.05) is 0 Å². The van der Waals surface area contributed by atoms with Crippen LogP contribution in [0.15, 0.2) is 0 Å². The van der Waals surface area contributed by atoms with Gasteiger partial charge >= 0.3 is 7.67 Å². The van der Waals surface area contributed by atoms with Crippen molar-refractivity contribution in [3.05, 3.63) is 0 Å². The standard InChI is InChI=1S/C8H19Cl3N3O2P/c9-1-6-14(7-2-10)17(15,13-5-4-12)16-8-3-11/h1-8,12H2,(H,13,15). The van der Waals surface area contributed by atoms with Gasteiger partial charge in [0.2, 0.25) is 0 Å². The third-order valence-electron chi connectivity index (χ3n) is 1.86. The zero-order valence-electron chi connectivity index (χ0n) is 9.58. The van der Waals surface area contributed by atoms with Gasteiger partial charge in [0, 0.05) is 43.8 Å². The number of nitrogens with two attached hydrogens (primary N) is 1. The molecule has 0 aromatic rings. The minimum absolute atomic E-state index is 0.192. The van der Waals surface area contributed by atoms with Crippen molar-refractivity contribution in [3.63, 3.8) is 0 Å². The first-order valence-electron chi connectivity index (χ1n) is 5.27. The zero-order chi connectivity index (χ0) is 13.1. The minimum Gasteiger partial charge on any atom is -0.329 e. The Hall–Kier alpha value is 0.940. The number of rotatable bonds is 11. The first kappa shape index (κ1) is 17.9. The second-order valence-corrected chi connectivity index (χ2v) is 6.39. The van der Waals surface area contributed by atoms with Crippen molar-refractivity contribution in [1.29, 1.82) is 0 Å². The van der Waals surface area contributed by atoms with Crippen LogP contribution < -0.4 is 10.8 Å². The molecule has 0 aliphatic heterocycles. The largest absolute Gasteiger partial charge is 0.343 e. The summed E-state index contributed by atoms with van der Waals surface area (Å²) in [4.78, 5) is 0. The van der Waals surface area contributed by atoms with E-state index in [4.69, 9.17) is 45.1 Å². The van der Waals surface area contributed by atoms with Crippen molar-refractivity contribution >= 4 is 42.5 Å². The molecular formula is C8H19Cl3N3O2P. The fourth-order valence-electron chi connectivity index (χ4n) is 1.16. The molecule has 3 N–H and O–H groups in total. The quantitative estimate of drug-likeness (QED) is 0.447. The van der Waals surface area contributed by atoms with Crippen LogP contribution in [0.2, 0.25) is 0 Å². The van der Waals surface area contributed by atoms with Crippen LogP contribution in [0.5, 0.6) is 0 Å². The number of hydrogen-bond acceptors (Lipinski definition) is 3. The number of alkyl halides is 3. The summed E-state index contributed by atoms with van der Waals surface area (Å²) in [5, 5.41) is 2.81. The average molecular weight is 327 g/mol. The lowest BCUT2D eigenvalue weighted by atomic mass is 10.6. The van der Waals surface area contributed by atoms with E-state index in [2.05, 4.69) is 5.09 Å². The monoisotopic (exact) mass is 325 g/mol. The molecule has 0 aliphatic rings. The molecule has 17 heavy (non-hydrogen) atoms. The van der Waals surface area contributed by atoms with Crippen LogP contribution in [0.3, 0.4) is 0 Å². The van der Waals surface area contributed by atoms with Gasteiger partial charge in [0.15, 0.2) is 0 Å². The van der Waals surface area contributed by atoms with Gasteiger partial charge in [0.1, 0.15) is 0 Å². The average Bonchev–Trinajstić information content (AvgIpc) is 2.33. The number of hydrogen-bond donors (Lipinski definition) is 2. The minimum atomic E-state index is -3.15. The highest BCUT2D eigenvalue weighted by molar-refractivity contribution is 7.54. The molecule has 0 aromatic heterocycles. The van der Waals surface area contributed by atoms with E-state index < -0.39 is 7.67 Å². The van der Waals surface area contributed by atoms with Gasteiger partial charge in [-0.25, -0.2) is 9.76 Å². The maximum Gasteiger partial charge on any atom is 0.343 e. The summed E-state index contributed by atoms with van der Waals surface area (Å²) in [6.45, 7) is 1.79. The van der Waals surface area contributed by atoms with Crippen molar-refractivity contribution in [1.82, 2.24) is 9.76 Å². The van der Waals surface area contributed by atoms with Crippen LogP contribution in [0.4, 0.5) is 0 Å². The lowest BCUT2D eigenvalue weighted by molar-refractivity contribution is 0.271. The van der Waals surface area contributed by atoms with Crippen LogP contribution in [0.25, 0.3) is 0 Å². The lowest BCUT2D eigenvalue weighted by Gasteiger charge is -2.30. The third-order valence-corrected chi connectivity index (χ3v) is 4.65. The molecule has 0 fully saturated rings. The van der Waals surface area contributed by atoms with E-state index >= 15 is 0 Å². The molecule has 5 nitrogen and oxygen atoms in total. The van der Waals surface area contributed by atoms with Gasteiger partial charge in [-0.15, -0.1) is 34.8 Å². The van der Waals surface area contributed by atoms with Gasteiger partial charge in [0.05, 0.1) is 6.61 Å². The SMILES string of the molecule is NCCNP(=O)(OCCCl)N(CCCl)CCCl. The van der Waals surface area contributed by atoms with Crippen molar-refractivity contribution < 1.29 is 9.09 Å². The summed E-state index contributed by atoms with van der Waals surface area (Å²) < 4.78 is 19.5. The van der Waals surface area contributed by atoms with E-state index in [-0.39, 0.29) is 12.5 Å². The molecule has 0 amide bonds. The molecule has 0 spiro atoms. The Morgan fingerprint density at radius 3 is 2.18 bits per heavy atom. The summed E-state index contributed by atoms with van der Waals surface area (Å²) in [7, 11) is -3.15. The number of nitrogens with zero attached hydrogens (tertiary/aromatic N) is 1. The summed E-state index contributed by atoms with van der Waals surface area (Å²) in [5.74, 6) is 0.953. The molecule has 0 saturated carbocycles. The molecule has 1 atom stereocenters. The molecule has 0 saturated heterocycles. The van der Waals surface area contributed by atoms with Gasteiger partial charge in [-0.3, -0.25) is 4.57 Å². The highest BCUT2D eigenvalue weighted by Crippen LogP contribution is 2.46. The first-order chi connectivity index (χ1) is 8.14. The molecule has 9 heteroatoms. The number of halogens is 3. The molecule has 0 aliphatic carbocycles. The van der Waals surface area contributed by atoms with Gasteiger partial charge in [0.25, 0.3) is 0 Å². The topological polar surface area (TPSA) is 67.6 Å². The molecule has 0 radical (unpaired) electrons. The molecule has 1 unspecified atom stereocenters. The Labute approximate surface area is 117 Å². The molecule has 0 bridgehead atoms. The van der Waals surface area contributed by atoms with Crippen LogP contribution in [0.1, 0.15) is 0 Å². The Balaban J connectivity index is 4.62. The van der Waals surface area contributed by atoms with E-state index in [1.165, 1.54) is 0 Å². The highest BCUT2D eigenvalue weighted by atomic mass is 35.5. The van der Waals surface area contributed by atoms with E-state index in [1.54, 1.807) is 4.67 Å². The molecule has 0 heterocycles. The lowest BCUT2D eigenvalue weighted by Crippen LogP contribution is -2.34. The molecule has 0 rings (SSSR count). The maximum absolute atomic E-state index is 12.6. The van der Waals surface area contributed by atoms with Crippen LogP contribution in [0, 0.1) is 0 Å². The van der Waals surface area contributed by atoms with Crippen LogP contribution in [-0.4, -0.2) is 55.1 Å². The van der Waals surface area contributed by atoms with Gasteiger partial charge in [-0.05, 0) is 0 Å². The number of nitrogens with one attached hydrogen (secondary N) is 1. The van der Waals surface area contributed by atoms with Gasteiger partial charge in [-0.2, -0.15) is 0 Å². The Kier molecular flexibility index (Phi) is 11.4. The van der Waals surface area contributed by atoms with E-state index in [1.807, 2.05) is 0 Å². The van der Waals surface area contributed by atoms with E-state index in [0.29, 0.717) is 37.9 Å². The molecular weight excluding hydrogens is 307 g/mol. The Morgan fingerprint density at radius 1 is 1.18 bits per heavy atom. The summed E-state index contributed by atoms with van der Waals surface area (Å²) in [6.07, 6.45) is 0. The second-order valence-electron chi connectivity index (χ2n) is 3.07. The second kappa shape index (κ2) is 10.8. The summed E-state index contributed by atoms with van der Waals surface area (Å²) in [6, 6.07) is 0. The molecule has 0 aromatic carbocycles. The zero-order valence-corrected chi connectivity index (χ0v) is 12.7. The van der Waals surface area contributed by atoms with E-state index in [9.17, 15) is 4.57 Å². The third kappa shape index (κ3) is 7.19. The van der Waals surface area contributed by atoms with Crippen LogP contribution >= 0.6 is 42.5 Å². The van der Waals surface area contributed by atoms with Crippen molar-refractivity contribution in [2.24, 2.45) is 5.73 Å². The fourth-order valence-corrected chi connectivity index (χ4v) is 3.92. The summed E-state index contributed by atoms with van der Waals surface area (Å²) in [5.41, 5.74) is 5.38. The fraction of sp³-hybridized carbons (Fsp3) is 1.00. The van der Waals surface area contributed by atoms with Crippen LogP contribution in [-0.2, 0) is 9.09 Å². The maximum atomic E-state index is 12.6. The molecule has 104 valence electrons. The predicted octanol–water partition coefficient (Wildman–Crippen LogP) is 1.68. The Bertz CT molecular complexity index is 218. The summed E-state index contributed by atoms with van der Waals surface area (Å²) >= 11 is 16.9. The van der Waals surface area contributed by atoms with Crippen molar-refractivity contribution in [3.8, 4) is 0 Å². The normalized spacial score (nSPS) is 15.1. The Morgan fingerprint density at radius 2 is 1.76 bits per heavy atom. The van der Waals surface area contributed by atoms with Crippen molar-refractivity contribution in [2.45, 2.75) is 0 Å². The van der Waals surface area contributed by atoms with Gasteiger partial charge < -0.3 is 10.3 Å². The smallest absolute Gasteiger partial charge is 0.329 e. The van der Waals surface area contributed by atoms with E-state index in [0.717, 1.165) is 0 Å². The first-order valence-corrected chi connectivity index (χ1v) is 8.45. The van der Waals surface area contributed by atoms with Crippen molar-refractivity contribution in [2.75, 3.05) is 50.4 Å².